The number of aromatic nitrogens is 2. The van der Waals surface area contributed by atoms with Gasteiger partial charge in [0.1, 0.15) is 0 Å². The molecule has 0 saturated heterocycles. The van der Waals surface area contributed by atoms with Crippen LogP contribution >= 0.6 is 0 Å². The second-order valence-electron chi connectivity index (χ2n) is 4.00. The molecule has 1 heterocycles. The van der Waals surface area contributed by atoms with Crippen molar-refractivity contribution < 1.29 is 15.0 Å². The maximum atomic E-state index is 11.7. The van der Waals surface area contributed by atoms with Crippen LogP contribution in [-0.2, 0) is 11.3 Å². The molecule has 0 aliphatic carbocycles. The van der Waals surface area contributed by atoms with Crippen molar-refractivity contribution in [3.63, 3.8) is 0 Å². The molecule has 0 amide bonds. The summed E-state index contributed by atoms with van der Waals surface area (Å²) in [4.78, 5) is 23.9. The quantitative estimate of drug-likeness (QED) is 0.714. The standard InChI is InChI=1S/C11H17N3O4/c1-3-13(2)8-4-10(16)14(12-6-8)7-9(15)5-11(17)18/h4,6,9,15H,3,5,7H2,1-2H3,(H,17,18). The van der Waals surface area contributed by atoms with Gasteiger partial charge in [0.25, 0.3) is 5.56 Å². The van der Waals surface area contributed by atoms with E-state index in [4.69, 9.17) is 5.11 Å². The highest BCUT2D eigenvalue weighted by Gasteiger charge is 2.12. The average Bonchev–Trinajstić information content (AvgIpc) is 2.29. The lowest BCUT2D eigenvalue weighted by Crippen LogP contribution is -2.30. The van der Waals surface area contributed by atoms with Crippen LogP contribution in [-0.4, -0.2) is 45.7 Å². The molecule has 0 saturated carbocycles. The van der Waals surface area contributed by atoms with E-state index in [2.05, 4.69) is 5.10 Å². The van der Waals surface area contributed by atoms with Crippen LogP contribution in [0.25, 0.3) is 0 Å². The fraction of sp³-hybridized carbons (Fsp3) is 0.545. The van der Waals surface area contributed by atoms with E-state index in [0.717, 1.165) is 11.2 Å². The molecule has 1 rings (SSSR count). The van der Waals surface area contributed by atoms with Gasteiger partial charge in [0.2, 0.25) is 0 Å². The van der Waals surface area contributed by atoms with E-state index in [9.17, 15) is 14.7 Å². The molecule has 0 aliphatic rings. The first-order valence-electron chi connectivity index (χ1n) is 5.62. The van der Waals surface area contributed by atoms with Crippen molar-refractivity contribution in [3.8, 4) is 0 Å². The third-order valence-electron chi connectivity index (χ3n) is 2.56. The summed E-state index contributed by atoms with van der Waals surface area (Å²) in [6.45, 7) is 2.57. The van der Waals surface area contributed by atoms with Gasteiger partial charge in [-0.2, -0.15) is 5.10 Å². The lowest BCUT2D eigenvalue weighted by atomic mass is 10.2. The third-order valence-corrected chi connectivity index (χ3v) is 2.56. The number of hydrogen-bond donors (Lipinski definition) is 2. The minimum atomic E-state index is -1.12. The van der Waals surface area contributed by atoms with E-state index < -0.39 is 18.5 Å². The molecule has 7 heteroatoms. The molecule has 0 bridgehead atoms. The number of carboxylic acid groups (broad SMARTS) is 1. The number of aliphatic hydroxyl groups is 1. The van der Waals surface area contributed by atoms with Gasteiger partial charge in [-0.1, -0.05) is 0 Å². The topological polar surface area (TPSA) is 95.7 Å². The SMILES string of the molecule is CCN(C)c1cnn(CC(O)CC(=O)O)c(=O)c1. The molecule has 7 nitrogen and oxygen atoms in total. The summed E-state index contributed by atoms with van der Waals surface area (Å²) in [7, 11) is 1.83. The lowest BCUT2D eigenvalue weighted by molar-refractivity contribution is -0.139. The predicted octanol–water partition coefficient (Wildman–Crippen LogP) is -0.465. The van der Waals surface area contributed by atoms with Gasteiger partial charge in [0.05, 0.1) is 31.0 Å². The van der Waals surface area contributed by atoms with E-state index >= 15 is 0 Å². The Morgan fingerprint density at radius 2 is 2.28 bits per heavy atom. The number of anilines is 1. The van der Waals surface area contributed by atoms with Crippen LogP contribution in [0.4, 0.5) is 5.69 Å². The second kappa shape index (κ2) is 6.15. The zero-order chi connectivity index (χ0) is 13.7. The molecule has 0 radical (unpaired) electrons. The molecule has 18 heavy (non-hydrogen) atoms. The number of rotatable bonds is 6. The fourth-order valence-corrected chi connectivity index (χ4v) is 1.42. The first kappa shape index (κ1) is 14.2. The zero-order valence-corrected chi connectivity index (χ0v) is 10.4. The van der Waals surface area contributed by atoms with E-state index in [0.29, 0.717) is 5.69 Å². The molecule has 0 spiro atoms. The number of aliphatic carboxylic acids is 1. The molecule has 1 aromatic heterocycles. The van der Waals surface area contributed by atoms with E-state index in [1.807, 2.05) is 18.9 Å². The summed E-state index contributed by atoms with van der Waals surface area (Å²) in [5, 5.41) is 21.8. The molecule has 0 aromatic carbocycles. The van der Waals surface area contributed by atoms with Crippen LogP contribution < -0.4 is 10.5 Å². The molecule has 1 aromatic rings. The van der Waals surface area contributed by atoms with Crippen LogP contribution in [0.2, 0.25) is 0 Å². The maximum Gasteiger partial charge on any atom is 0.306 e. The predicted molar refractivity (Wildman–Crippen MR) is 65.7 cm³/mol. The number of hydrogen-bond acceptors (Lipinski definition) is 5. The smallest absolute Gasteiger partial charge is 0.306 e. The van der Waals surface area contributed by atoms with Crippen molar-refractivity contribution in [1.29, 1.82) is 0 Å². The fourth-order valence-electron chi connectivity index (χ4n) is 1.42. The molecule has 100 valence electrons. The van der Waals surface area contributed by atoms with Gasteiger partial charge in [-0.05, 0) is 6.92 Å². The van der Waals surface area contributed by atoms with Crippen molar-refractivity contribution >= 4 is 11.7 Å². The minimum absolute atomic E-state index is 0.124. The van der Waals surface area contributed by atoms with Gasteiger partial charge < -0.3 is 15.1 Å². The number of nitrogens with zero attached hydrogens (tertiary/aromatic N) is 3. The summed E-state index contributed by atoms with van der Waals surface area (Å²) in [6, 6.07) is 1.41. The highest BCUT2D eigenvalue weighted by atomic mass is 16.4. The maximum absolute atomic E-state index is 11.7. The van der Waals surface area contributed by atoms with Gasteiger partial charge in [-0.3, -0.25) is 9.59 Å². The van der Waals surface area contributed by atoms with Crippen molar-refractivity contribution in [1.82, 2.24) is 9.78 Å². The van der Waals surface area contributed by atoms with Crippen LogP contribution in [0.5, 0.6) is 0 Å². The monoisotopic (exact) mass is 255 g/mol. The normalized spacial score (nSPS) is 12.2. The largest absolute Gasteiger partial charge is 0.481 e. The molecular formula is C11H17N3O4. The summed E-state index contributed by atoms with van der Waals surface area (Å²) >= 11 is 0. The Labute approximate surface area is 104 Å². The van der Waals surface area contributed by atoms with E-state index in [1.54, 1.807) is 0 Å². The second-order valence-corrected chi connectivity index (χ2v) is 4.00. The van der Waals surface area contributed by atoms with Gasteiger partial charge in [0, 0.05) is 19.7 Å². The minimum Gasteiger partial charge on any atom is -0.481 e. The van der Waals surface area contributed by atoms with Crippen molar-refractivity contribution in [2.75, 3.05) is 18.5 Å². The van der Waals surface area contributed by atoms with E-state index in [-0.39, 0.29) is 12.1 Å². The number of carboxylic acids is 1. The van der Waals surface area contributed by atoms with Gasteiger partial charge in [-0.25, -0.2) is 4.68 Å². The Morgan fingerprint density at radius 1 is 1.61 bits per heavy atom. The Kier molecular flexibility index (Phi) is 4.85. The highest BCUT2D eigenvalue weighted by molar-refractivity contribution is 5.67. The lowest BCUT2D eigenvalue weighted by Gasteiger charge is -2.16. The molecule has 0 fully saturated rings. The van der Waals surface area contributed by atoms with Crippen LogP contribution in [0.1, 0.15) is 13.3 Å². The van der Waals surface area contributed by atoms with E-state index in [1.165, 1.54) is 12.3 Å². The first-order valence-corrected chi connectivity index (χ1v) is 5.62. The van der Waals surface area contributed by atoms with Gasteiger partial charge in [0.15, 0.2) is 0 Å². The Balaban J connectivity index is 2.80. The molecular weight excluding hydrogens is 238 g/mol. The van der Waals surface area contributed by atoms with Crippen LogP contribution in [0, 0.1) is 0 Å². The Bertz CT molecular complexity index is 472. The van der Waals surface area contributed by atoms with Crippen molar-refractivity contribution in [3.05, 3.63) is 22.6 Å². The average molecular weight is 255 g/mol. The summed E-state index contributed by atoms with van der Waals surface area (Å²) in [5.41, 5.74) is 0.323. The van der Waals surface area contributed by atoms with Gasteiger partial charge in [-0.15, -0.1) is 0 Å². The molecule has 2 N–H and O–H groups in total. The zero-order valence-electron chi connectivity index (χ0n) is 10.4. The highest BCUT2D eigenvalue weighted by Crippen LogP contribution is 2.06. The summed E-state index contributed by atoms with van der Waals surface area (Å²) in [5.74, 6) is -1.11. The number of carbonyl (C=O) groups is 1. The summed E-state index contributed by atoms with van der Waals surface area (Å²) < 4.78 is 1.06. The van der Waals surface area contributed by atoms with Crippen molar-refractivity contribution in [2.24, 2.45) is 0 Å². The van der Waals surface area contributed by atoms with Crippen molar-refractivity contribution in [2.45, 2.75) is 26.0 Å². The van der Waals surface area contributed by atoms with Gasteiger partial charge >= 0.3 is 5.97 Å². The van der Waals surface area contributed by atoms with Crippen LogP contribution in [0.15, 0.2) is 17.1 Å². The first-order chi connectivity index (χ1) is 8.43. The Morgan fingerprint density at radius 3 is 2.78 bits per heavy atom. The number of aliphatic hydroxyl groups excluding tert-OH is 1. The molecule has 1 unspecified atom stereocenters. The summed E-state index contributed by atoms with van der Waals surface area (Å²) in [6.07, 6.45) is -0.0224. The Hall–Kier alpha value is -1.89. The third kappa shape index (κ3) is 3.85. The molecule has 1 atom stereocenters. The molecule has 0 aliphatic heterocycles. The van der Waals surface area contributed by atoms with Crippen LogP contribution in [0.3, 0.4) is 0 Å².